The summed E-state index contributed by atoms with van der Waals surface area (Å²) in [4.78, 5) is 29.3. The molecule has 3 aromatic rings. The van der Waals surface area contributed by atoms with E-state index >= 15 is 0 Å². The van der Waals surface area contributed by atoms with Crippen molar-refractivity contribution in [2.24, 2.45) is 0 Å². The van der Waals surface area contributed by atoms with E-state index in [1.807, 2.05) is 63.2 Å². The molecule has 38 heavy (non-hydrogen) atoms. The van der Waals surface area contributed by atoms with Crippen LogP contribution >= 0.6 is 11.6 Å². The average Bonchev–Trinajstić information content (AvgIpc) is 2.90. The van der Waals surface area contributed by atoms with Crippen molar-refractivity contribution in [2.45, 2.75) is 20.8 Å². The van der Waals surface area contributed by atoms with Gasteiger partial charge in [0.25, 0.3) is 0 Å². The Balaban J connectivity index is 1.26. The molecule has 0 atom stereocenters. The molecule has 200 valence electrons. The number of amides is 3. The number of carbonyl (C=O) groups is 2. The molecule has 3 N–H and O–H groups in total. The number of nitrogens with zero attached hydrogens (tertiary/aromatic N) is 2. The molecular weight excluding hydrogens is 502 g/mol. The van der Waals surface area contributed by atoms with Crippen LogP contribution in [0.3, 0.4) is 0 Å². The van der Waals surface area contributed by atoms with E-state index in [0.29, 0.717) is 42.6 Å². The number of hydrogen-bond donors (Lipinski definition) is 3. The first-order chi connectivity index (χ1) is 18.2. The summed E-state index contributed by atoms with van der Waals surface area (Å²) in [5.41, 5.74) is 6.47. The van der Waals surface area contributed by atoms with Crippen molar-refractivity contribution in [3.05, 3.63) is 76.3 Å². The Labute approximate surface area is 228 Å². The van der Waals surface area contributed by atoms with Crippen LogP contribution in [0, 0.1) is 20.8 Å². The van der Waals surface area contributed by atoms with Crippen LogP contribution in [0.1, 0.15) is 16.7 Å². The van der Waals surface area contributed by atoms with E-state index in [4.69, 9.17) is 16.3 Å². The number of anilines is 4. The summed E-state index contributed by atoms with van der Waals surface area (Å²) in [6.45, 7) is 8.70. The summed E-state index contributed by atoms with van der Waals surface area (Å²) in [6.07, 6.45) is 0. The number of hydrogen-bond acceptors (Lipinski definition) is 5. The van der Waals surface area contributed by atoms with E-state index in [9.17, 15) is 9.59 Å². The van der Waals surface area contributed by atoms with E-state index in [0.717, 1.165) is 28.2 Å². The Morgan fingerprint density at radius 1 is 0.895 bits per heavy atom. The Bertz CT molecular complexity index is 1300. The quantitative estimate of drug-likeness (QED) is 0.362. The SMILES string of the molecule is COc1cc(C)cc(Cl)c1NC(=O)N1CCN(c2ccc(NC(=O)CNc3ccc(C)cc3C)cc2)CC1. The molecule has 1 saturated heterocycles. The molecule has 0 saturated carbocycles. The predicted octanol–water partition coefficient (Wildman–Crippen LogP) is 5.68. The van der Waals surface area contributed by atoms with Gasteiger partial charge in [0.2, 0.25) is 5.91 Å². The second kappa shape index (κ2) is 12.1. The molecule has 8 nitrogen and oxygen atoms in total. The van der Waals surface area contributed by atoms with Crippen molar-refractivity contribution >= 4 is 46.3 Å². The number of piperazine rings is 1. The molecule has 9 heteroatoms. The molecule has 1 fully saturated rings. The van der Waals surface area contributed by atoms with Gasteiger partial charge < -0.3 is 30.5 Å². The fourth-order valence-electron chi connectivity index (χ4n) is 4.49. The number of methoxy groups -OCH3 is 1. The highest BCUT2D eigenvalue weighted by Gasteiger charge is 2.23. The van der Waals surface area contributed by atoms with Crippen LogP contribution in [0.4, 0.5) is 27.5 Å². The maximum absolute atomic E-state index is 12.9. The van der Waals surface area contributed by atoms with Crippen LogP contribution < -0.4 is 25.6 Å². The standard InChI is InChI=1S/C29H34ClN5O3/c1-19-5-10-25(21(3)15-19)31-18-27(36)32-22-6-8-23(9-7-22)34-11-13-35(14-12-34)29(37)33-28-24(30)16-20(2)17-26(28)38-4/h5-10,15-17,31H,11-14,18H2,1-4H3,(H,32,36)(H,33,37). The molecule has 1 heterocycles. The Hall–Kier alpha value is -3.91. The summed E-state index contributed by atoms with van der Waals surface area (Å²) in [5, 5.41) is 9.47. The number of urea groups is 1. The van der Waals surface area contributed by atoms with Gasteiger partial charge in [-0.3, -0.25) is 4.79 Å². The Morgan fingerprint density at radius 2 is 1.61 bits per heavy atom. The van der Waals surface area contributed by atoms with Gasteiger partial charge in [0.1, 0.15) is 11.4 Å². The zero-order valence-corrected chi connectivity index (χ0v) is 23.0. The highest BCUT2D eigenvalue weighted by molar-refractivity contribution is 6.34. The summed E-state index contributed by atoms with van der Waals surface area (Å²) in [5.74, 6) is 0.429. The molecule has 0 aromatic heterocycles. The van der Waals surface area contributed by atoms with E-state index in [1.54, 1.807) is 18.1 Å². The molecule has 1 aliphatic heterocycles. The van der Waals surface area contributed by atoms with Gasteiger partial charge in [-0.15, -0.1) is 0 Å². The highest BCUT2D eigenvalue weighted by atomic mass is 35.5. The van der Waals surface area contributed by atoms with Crippen LogP contribution in [0.5, 0.6) is 5.75 Å². The molecule has 0 aliphatic carbocycles. The maximum Gasteiger partial charge on any atom is 0.322 e. The number of rotatable bonds is 7. The van der Waals surface area contributed by atoms with Crippen LogP contribution in [-0.4, -0.2) is 56.7 Å². The lowest BCUT2D eigenvalue weighted by Crippen LogP contribution is -2.50. The van der Waals surface area contributed by atoms with Crippen molar-refractivity contribution in [1.82, 2.24) is 4.90 Å². The number of ether oxygens (including phenoxy) is 1. The van der Waals surface area contributed by atoms with Crippen molar-refractivity contribution in [2.75, 3.05) is 60.7 Å². The van der Waals surface area contributed by atoms with Gasteiger partial charge in [-0.25, -0.2) is 4.79 Å². The largest absolute Gasteiger partial charge is 0.495 e. The first-order valence-corrected chi connectivity index (χ1v) is 13.0. The molecule has 0 spiro atoms. The first kappa shape index (κ1) is 27.1. The topological polar surface area (TPSA) is 85.9 Å². The van der Waals surface area contributed by atoms with Gasteiger partial charge in [-0.2, -0.15) is 0 Å². The number of halogens is 1. The van der Waals surface area contributed by atoms with Crippen molar-refractivity contribution in [3.63, 3.8) is 0 Å². The fraction of sp³-hybridized carbons (Fsp3) is 0.310. The van der Waals surface area contributed by atoms with Crippen LogP contribution in [0.15, 0.2) is 54.6 Å². The fourth-order valence-corrected chi connectivity index (χ4v) is 4.81. The molecule has 3 aromatic carbocycles. The van der Waals surface area contributed by atoms with Crippen molar-refractivity contribution < 1.29 is 14.3 Å². The van der Waals surface area contributed by atoms with Crippen molar-refractivity contribution in [1.29, 1.82) is 0 Å². The predicted molar refractivity (Wildman–Crippen MR) is 155 cm³/mol. The lowest BCUT2D eigenvalue weighted by atomic mass is 10.1. The molecule has 3 amide bonds. The van der Waals surface area contributed by atoms with E-state index < -0.39 is 0 Å². The monoisotopic (exact) mass is 535 g/mol. The van der Waals surface area contributed by atoms with Crippen LogP contribution in [0.2, 0.25) is 5.02 Å². The van der Waals surface area contributed by atoms with E-state index in [-0.39, 0.29) is 18.5 Å². The molecule has 0 radical (unpaired) electrons. The third-order valence-electron chi connectivity index (χ3n) is 6.55. The summed E-state index contributed by atoms with van der Waals surface area (Å²) >= 11 is 6.35. The lowest BCUT2D eigenvalue weighted by molar-refractivity contribution is -0.114. The summed E-state index contributed by atoms with van der Waals surface area (Å²) in [7, 11) is 1.55. The van der Waals surface area contributed by atoms with Gasteiger partial charge in [-0.05, 0) is 74.4 Å². The molecule has 0 unspecified atom stereocenters. The number of nitrogens with one attached hydrogen (secondary N) is 3. The smallest absolute Gasteiger partial charge is 0.322 e. The first-order valence-electron chi connectivity index (χ1n) is 12.6. The van der Waals surface area contributed by atoms with Gasteiger partial charge in [0.15, 0.2) is 0 Å². The summed E-state index contributed by atoms with van der Waals surface area (Å²) in [6, 6.07) is 17.3. The summed E-state index contributed by atoms with van der Waals surface area (Å²) < 4.78 is 5.39. The minimum atomic E-state index is -0.207. The second-order valence-corrected chi connectivity index (χ2v) is 9.90. The van der Waals surface area contributed by atoms with Gasteiger partial charge in [-0.1, -0.05) is 29.3 Å². The molecule has 4 rings (SSSR count). The van der Waals surface area contributed by atoms with E-state index in [2.05, 4.69) is 26.9 Å². The average molecular weight is 536 g/mol. The third kappa shape index (κ3) is 6.69. The van der Waals surface area contributed by atoms with Gasteiger partial charge >= 0.3 is 6.03 Å². The van der Waals surface area contributed by atoms with Gasteiger partial charge in [0.05, 0.1) is 18.7 Å². The third-order valence-corrected chi connectivity index (χ3v) is 6.85. The minimum Gasteiger partial charge on any atom is -0.495 e. The maximum atomic E-state index is 12.9. The zero-order chi connectivity index (χ0) is 27.2. The number of carbonyl (C=O) groups excluding carboxylic acids is 2. The van der Waals surface area contributed by atoms with Crippen molar-refractivity contribution in [3.8, 4) is 5.75 Å². The minimum absolute atomic E-state index is 0.109. The normalized spacial score (nSPS) is 13.2. The molecule has 1 aliphatic rings. The van der Waals surface area contributed by atoms with Gasteiger partial charge in [0, 0.05) is 43.2 Å². The highest BCUT2D eigenvalue weighted by Crippen LogP contribution is 2.34. The Morgan fingerprint density at radius 3 is 2.26 bits per heavy atom. The van der Waals surface area contributed by atoms with Crippen LogP contribution in [-0.2, 0) is 4.79 Å². The van der Waals surface area contributed by atoms with Crippen LogP contribution in [0.25, 0.3) is 0 Å². The van der Waals surface area contributed by atoms with E-state index in [1.165, 1.54) is 5.56 Å². The second-order valence-electron chi connectivity index (χ2n) is 9.50. The lowest BCUT2D eigenvalue weighted by Gasteiger charge is -2.36. The molecule has 0 bridgehead atoms. The molecular formula is C29H34ClN5O3. The number of benzene rings is 3. The Kier molecular flexibility index (Phi) is 8.63. The zero-order valence-electron chi connectivity index (χ0n) is 22.2. The number of aryl methyl sites for hydroxylation is 3.